The van der Waals surface area contributed by atoms with E-state index in [-0.39, 0.29) is 12.3 Å². The highest BCUT2D eigenvalue weighted by atomic mass is 32.1. The molecule has 8 nitrogen and oxygen atoms in total. The lowest BCUT2D eigenvalue weighted by Gasteiger charge is -2.22. The van der Waals surface area contributed by atoms with Gasteiger partial charge in [0.25, 0.3) is 5.69 Å². The number of fused-ring (bicyclic) bond motifs is 1. The molecule has 2 heterocycles. The van der Waals surface area contributed by atoms with E-state index < -0.39 is 16.8 Å². The summed E-state index contributed by atoms with van der Waals surface area (Å²) in [5, 5.41) is 14.1. The van der Waals surface area contributed by atoms with Crippen LogP contribution in [0.5, 0.6) is 0 Å². The van der Waals surface area contributed by atoms with Crippen LogP contribution in [0.1, 0.15) is 33.3 Å². The van der Waals surface area contributed by atoms with Gasteiger partial charge in [-0.2, -0.15) is 0 Å². The van der Waals surface area contributed by atoms with Crippen LogP contribution in [0.15, 0.2) is 30.3 Å². The van der Waals surface area contributed by atoms with Gasteiger partial charge in [0.05, 0.1) is 17.1 Å². The zero-order chi connectivity index (χ0) is 21.0. The smallest absolute Gasteiger partial charge is 0.341 e. The van der Waals surface area contributed by atoms with E-state index >= 15 is 0 Å². The maximum absolute atomic E-state index is 12.5. The summed E-state index contributed by atoms with van der Waals surface area (Å²) in [6.07, 6.45) is 3.50. The molecular formula is C20H21N3O5S. The molecular weight excluding hydrogens is 394 g/mol. The van der Waals surface area contributed by atoms with Gasteiger partial charge in [0.1, 0.15) is 5.00 Å². The molecule has 0 aliphatic carbocycles. The molecule has 0 saturated carbocycles. The molecule has 2 aromatic rings. The van der Waals surface area contributed by atoms with Gasteiger partial charge in [-0.05, 0) is 37.6 Å². The first-order chi connectivity index (χ1) is 13.9. The zero-order valence-corrected chi connectivity index (χ0v) is 17.0. The highest BCUT2D eigenvalue weighted by Crippen LogP contribution is 2.37. The van der Waals surface area contributed by atoms with Crippen molar-refractivity contribution in [2.45, 2.75) is 19.9 Å². The number of esters is 1. The lowest BCUT2D eigenvalue weighted by atomic mass is 10.0. The average molecular weight is 415 g/mol. The Kier molecular flexibility index (Phi) is 6.40. The van der Waals surface area contributed by atoms with Crippen LogP contribution in [0.2, 0.25) is 0 Å². The molecule has 1 aliphatic rings. The van der Waals surface area contributed by atoms with Crippen LogP contribution in [0.25, 0.3) is 6.08 Å². The van der Waals surface area contributed by atoms with E-state index in [9.17, 15) is 19.7 Å². The van der Waals surface area contributed by atoms with Crippen molar-refractivity contribution in [2.24, 2.45) is 0 Å². The summed E-state index contributed by atoms with van der Waals surface area (Å²) < 4.78 is 5.19. The molecule has 0 fully saturated rings. The van der Waals surface area contributed by atoms with Gasteiger partial charge in [0, 0.05) is 36.2 Å². The highest BCUT2D eigenvalue weighted by molar-refractivity contribution is 7.17. The van der Waals surface area contributed by atoms with Gasteiger partial charge in [-0.15, -0.1) is 11.3 Å². The fraction of sp³-hybridized carbons (Fsp3) is 0.300. The van der Waals surface area contributed by atoms with E-state index in [1.54, 1.807) is 19.1 Å². The zero-order valence-electron chi connectivity index (χ0n) is 16.1. The molecule has 1 aromatic carbocycles. The monoisotopic (exact) mass is 415 g/mol. The first-order valence-corrected chi connectivity index (χ1v) is 9.94. The van der Waals surface area contributed by atoms with Crippen molar-refractivity contribution >= 4 is 40.0 Å². The number of benzene rings is 1. The van der Waals surface area contributed by atoms with Crippen molar-refractivity contribution in [2.75, 3.05) is 25.5 Å². The van der Waals surface area contributed by atoms with Gasteiger partial charge in [0.2, 0.25) is 5.91 Å². The molecule has 1 aliphatic heterocycles. The second-order valence-corrected chi connectivity index (χ2v) is 7.70. The Hall–Kier alpha value is -3.04. The maximum atomic E-state index is 12.5. The molecule has 0 radical (unpaired) electrons. The number of nitro groups is 1. The number of non-ortho nitro benzene ring substituents is 1. The van der Waals surface area contributed by atoms with Gasteiger partial charge in [-0.25, -0.2) is 4.79 Å². The molecule has 0 atom stereocenters. The Labute approximate surface area is 171 Å². The van der Waals surface area contributed by atoms with Gasteiger partial charge in [0.15, 0.2) is 0 Å². The van der Waals surface area contributed by atoms with Crippen molar-refractivity contribution in [3.63, 3.8) is 0 Å². The van der Waals surface area contributed by atoms with Crippen LogP contribution in [-0.4, -0.2) is 41.9 Å². The van der Waals surface area contributed by atoms with Crippen molar-refractivity contribution in [3.8, 4) is 0 Å². The molecule has 1 aromatic heterocycles. The van der Waals surface area contributed by atoms with E-state index in [4.69, 9.17) is 4.74 Å². The van der Waals surface area contributed by atoms with E-state index in [1.165, 1.54) is 35.6 Å². The Balaban J connectivity index is 1.82. The van der Waals surface area contributed by atoms with Crippen LogP contribution in [0.4, 0.5) is 10.7 Å². The van der Waals surface area contributed by atoms with E-state index in [2.05, 4.69) is 10.2 Å². The summed E-state index contributed by atoms with van der Waals surface area (Å²) in [5.74, 6) is -0.860. The fourth-order valence-electron chi connectivity index (χ4n) is 3.11. The number of rotatable bonds is 6. The van der Waals surface area contributed by atoms with E-state index in [0.717, 1.165) is 23.4 Å². The molecule has 0 spiro atoms. The van der Waals surface area contributed by atoms with Crippen molar-refractivity contribution in [3.05, 3.63) is 62.0 Å². The number of carbonyl (C=O) groups is 2. The molecule has 1 N–H and O–H groups in total. The number of nitrogens with one attached hydrogen (secondary N) is 1. The molecule has 152 valence electrons. The van der Waals surface area contributed by atoms with Crippen LogP contribution in [0, 0.1) is 10.1 Å². The number of hydrogen-bond donors (Lipinski definition) is 1. The lowest BCUT2D eigenvalue weighted by Crippen LogP contribution is -2.26. The molecule has 3 rings (SSSR count). The van der Waals surface area contributed by atoms with Crippen LogP contribution in [0.3, 0.4) is 0 Å². The minimum Gasteiger partial charge on any atom is -0.462 e. The third kappa shape index (κ3) is 4.87. The normalized spacial score (nSPS) is 13.9. The number of hydrogen-bond acceptors (Lipinski definition) is 7. The molecule has 9 heteroatoms. The Morgan fingerprint density at radius 3 is 2.93 bits per heavy atom. The molecule has 0 saturated heterocycles. The minimum absolute atomic E-state index is 0.0489. The van der Waals surface area contributed by atoms with Gasteiger partial charge < -0.3 is 15.0 Å². The topological polar surface area (TPSA) is 102 Å². The van der Waals surface area contributed by atoms with Gasteiger partial charge >= 0.3 is 5.97 Å². The van der Waals surface area contributed by atoms with E-state index in [1.807, 2.05) is 7.05 Å². The summed E-state index contributed by atoms with van der Waals surface area (Å²) >= 11 is 1.38. The number of thiophene rings is 1. The summed E-state index contributed by atoms with van der Waals surface area (Å²) in [6.45, 7) is 3.54. The number of anilines is 1. The first-order valence-electron chi connectivity index (χ1n) is 9.12. The minimum atomic E-state index is -0.490. The second kappa shape index (κ2) is 8.97. The predicted molar refractivity (Wildman–Crippen MR) is 111 cm³/mol. The third-order valence-corrected chi connectivity index (χ3v) is 5.60. The predicted octanol–water partition coefficient (Wildman–Crippen LogP) is 3.47. The third-order valence-electron chi connectivity index (χ3n) is 4.47. The lowest BCUT2D eigenvalue weighted by molar-refractivity contribution is -0.384. The molecule has 0 bridgehead atoms. The van der Waals surface area contributed by atoms with Gasteiger partial charge in [-0.1, -0.05) is 12.1 Å². The summed E-state index contributed by atoms with van der Waals surface area (Å²) in [4.78, 5) is 38.5. The molecule has 29 heavy (non-hydrogen) atoms. The second-order valence-electron chi connectivity index (χ2n) is 6.59. The number of carbonyl (C=O) groups excluding carboxylic acids is 2. The molecule has 1 amide bonds. The first kappa shape index (κ1) is 20.7. The fourth-order valence-corrected chi connectivity index (χ4v) is 4.42. The Morgan fingerprint density at radius 2 is 2.21 bits per heavy atom. The van der Waals surface area contributed by atoms with Crippen LogP contribution in [-0.2, 0) is 22.5 Å². The van der Waals surface area contributed by atoms with Crippen molar-refractivity contribution in [1.82, 2.24) is 4.90 Å². The summed E-state index contributed by atoms with van der Waals surface area (Å²) in [7, 11) is 2.01. The Bertz CT molecular complexity index is 982. The number of nitrogens with zero attached hydrogens (tertiary/aromatic N) is 2. The summed E-state index contributed by atoms with van der Waals surface area (Å²) in [6, 6.07) is 5.99. The standard InChI is InChI=1S/C20H21N3O5S/c1-3-28-20(25)18-15-9-10-22(2)12-16(15)29-19(18)21-17(24)8-7-13-5-4-6-14(11-13)23(26)27/h4-8,11H,3,9-10,12H2,1-2H3,(H,21,24). The van der Waals surface area contributed by atoms with Crippen LogP contribution < -0.4 is 5.32 Å². The van der Waals surface area contributed by atoms with Gasteiger partial charge in [-0.3, -0.25) is 14.9 Å². The quantitative estimate of drug-likeness (QED) is 0.335. The van der Waals surface area contributed by atoms with Crippen molar-refractivity contribution in [1.29, 1.82) is 0 Å². The van der Waals surface area contributed by atoms with Crippen LogP contribution >= 0.6 is 11.3 Å². The van der Waals surface area contributed by atoms with E-state index in [0.29, 0.717) is 22.7 Å². The Morgan fingerprint density at radius 1 is 1.41 bits per heavy atom. The highest BCUT2D eigenvalue weighted by Gasteiger charge is 2.28. The largest absolute Gasteiger partial charge is 0.462 e. The average Bonchev–Trinajstić information content (AvgIpc) is 3.03. The summed E-state index contributed by atoms with van der Waals surface area (Å²) in [5.41, 5.74) is 1.85. The maximum Gasteiger partial charge on any atom is 0.341 e. The van der Waals surface area contributed by atoms with Crippen molar-refractivity contribution < 1.29 is 19.2 Å². The number of amides is 1. The number of nitro benzene ring substituents is 1. The number of ether oxygens (including phenoxy) is 1. The molecule has 0 unspecified atom stereocenters. The number of likely N-dealkylation sites (N-methyl/N-ethyl adjacent to an activating group) is 1. The SMILES string of the molecule is CCOC(=O)c1c(NC(=O)C=Cc2cccc([N+](=O)[O-])c2)sc2c1CCN(C)C2.